The number of unbranched alkanes of at least 4 members (excludes halogenated alkanes) is 1. The van der Waals surface area contributed by atoms with E-state index in [1.807, 2.05) is 17.5 Å². The van der Waals surface area contributed by atoms with Gasteiger partial charge in [0.15, 0.2) is 9.84 Å². The Morgan fingerprint density at radius 1 is 1.26 bits per heavy atom. The standard InChI is InChI=1S/C21H27NO3S2/c1-2-3-5-16-7-9-18(10-8-16)21(19-6-4-12-26-19)22-20(23)14-17-11-13-27(24,25)15-17/h4,6-10,12,17,21H,2-3,5,11,13-15H2,1H3,(H,22,23). The van der Waals surface area contributed by atoms with Crippen LogP contribution in [0.4, 0.5) is 0 Å². The van der Waals surface area contributed by atoms with Gasteiger partial charge < -0.3 is 5.32 Å². The smallest absolute Gasteiger partial charge is 0.221 e. The van der Waals surface area contributed by atoms with Gasteiger partial charge in [-0.05, 0) is 47.8 Å². The number of carbonyl (C=O) groups is 1. The molecule has 27 heavy (non-hydrogen) atoms. The van der Waals surface area contributed by atoms with Gasteiger partial charge in [0.05, 0.1) is 17.5 Å². The van der Waals surface area contributed by atoms with Gasteiger partial charge in [0.1, 0.15) is 0 Å². The molecule has 1 N–H and O–H groups in total. The van der Waals surface area contributed by atoms with Crippen molar-refractivity contribution in [3.63, 3.8) is 0 Å². The number of hydrogen-bond donors (Lipinski definition) is 1. The molecule has 1 aromatic heterocycles. The first-order valence-corrected chi connectivity index (χ1v) is 12.3. The average molecular weight is 406 g/mol. The lowest BCUT2D eigenvalue weighted by molar-refractivity contribution is -0.122. The lowest BCUT2D eigenvalue weighted by Gasteiger charge is -2.19. The van der Waals surface area contributed by atoms with Crippen LogP contribution >= 0.6 is 11.3 Å². The van der Waals surface area contributed by atoms with E-state index in [-0.39, 0.29) is 35.8 Å². The Morgan fingerprint density at radius 3 is 2.63 bits per heavy atom. The van der Waals surface area contributed by atoms with Gasteiger partial charge in [-0.15, -0.1) is 11.3 Å². The van der Waals surface area contributed by atoms with Crippen molar-refractivity contribution in [2.45, 2.75) is 45.1 Å². The fourth-order valence-electron chi connectivity index (χ4n) is 3.55. The highest BCUT2D eigenvalue weighted by atomic mass is 32.2. The van der Waals surface area contributed by atoms with Crippen molar-refractivity contribution in [1.29, 1.82) is 0 Å². The molecule has 0 aliphatic carbocycles. The monoisotopic (exact) mass is 405 g/mol. The minimum absolute atomic E-state index is 0.0598. The highest BCUT2D eigenvalue weighted by Crippen LogP contribution is 2.28. The minimum atomic E-state index is -2.96. The Kier molecular flexibility index (Phi) is 6.71. The molecular weight excluding hydrogens is 378 g/mol. The van der Waals surface area contributed by atoms with Crippen LogP contribution in [0.25, 0.3) is 0 Å². The van der Waals surface area contributed by atoms with E-state index in [2.05, 4.69) is 36.5 Å². The maximum atomic E-state index is 12.6. The van der Waals surface area contributed by atoms with Crippen molar-refractivity contribution in [1.82, 2.24) is 5.32 Å². The summed E-state index contributed by atoms with van der Waals surface area (Å²) in [5, 5.41) is 5.14. The van der Waals surface area contributed by atoms with Crippen LogP contribution < -0.4 is 5.32 Å². The molecule has 6 heteroatoms. The summed E-state index contributed by atoms with van der Waals surface area (Å²) < 4.78 is 23.3. The summed E-state index contributed by atoms with van der Waals surface area (Å²) in [5.74, 6) is 0.204. The Hall–Kier alpha value is -1.66. The second-order valence-corrected chi connectivity index (χ2v) is 10.5. The minimum Gasteiger partial charge on any atom is -0.344 e. The van der Waals surface area contributed by atoms with E-state index in [0.29, 0.717) is 6.42 Å². The van der Waals surface area contributed by atoms with Crippen molar-refractivity contribution < 1.29 is 13.2 Å². The molecule has 0 spiro atoms. The van der Waals surface area contributed by atoms with Gasteiger partial charge in [-0.25, -0.2) is 8.42 Å². The normalized spacial score (nSPS) is 19.7. The van der Waals surface area contributed by atoms with E-state index in [0.717, 1.165) is 16.9 Å². The zero-order valence-corrected chi connectivity index (χ0v) is 17.3. The van der Waals surface area contributed by atoms with Crippen LogP contribution in [0.1, 0.15) is 54.7 Å². The van der Waals surface area contributed by atoms with Crippen molar-refractivity contribution in [2.75, 3.05) is 11.5 Å². The van der Waals surface area contributed by atoms with Crippen LogP contribution in [0, 0.1) is 5.92 Å². The number of sulfone groups is 1. The van der Waals surface area contributed by atoms with Crippen LogP contribution in [0.5, 0.6) is 0 Å². The third kappa shape index (κ3) is 5.66. The number of benzene rings is 1. The van der Waals surface area contributed by atoms with Crippen molar-refractivity contribution in [2.24, 2.45) is 5.92 Å². The summed E-state index contributed by atoms with van der Waals surface area (Å²) in [5.41, 5.74) is 2.37. The highest BCUT2D eigenvalue weighted by Gasteiger charge is 2.30. The van der Waals surface area contributed by atoms with E-state index >= 15 is 0 Å². The first-order chi connectivity index (χ1) is 13.0. The van der Waals surface area contributed by atoms with Crippen LogP contribution in [-0.4, -0.2) is 25.8 Å². The van der Waals surface area contributed by atoms with Gasteiger partial charge in [-0.1, -0.05) is 43.7 Å². The number of aryl methyl sites for hydroxylation is 1. The van der Waals surface area contributed by atoms with E-state index < -0.39 is 9.84 Å². The van der Waals surface area contributed by atoms with Crippen LogP contribution in [0.3, 0.4) is 0 Å². The van der Waals surface area contributed by atoms with Gasteiger partial charge in [0.2, 0.25) is 5.91 Å². The molecule has 2 atom stereocenters. The molecule has 0 saturated carbocycles. The first kappa shape index (κ1) is 20.1. The molecule has 1 saturated heterocycles. The molecule has 2 unspecified atom stereocenters. The SMILES string of the molecule is CCCCc1ccc(C(NC(=O)CC2CCS(=O)(=O)C2)c2cccs2)cc1. The number of hydrogen-bond acceptors (Lipinski definition) is 4. The quantitative estimate of drug-likeness (QED) is 0.718. The van der Waals surface area contributed by atoms with Crippen LogP contribution in [0.15, 0.2) is 41.8 Å². The number of thiophene rings is 1. The molecule has 2 aromatic rings. The second-order valence-electron chi connectivity index (χ2n) is 7.33. The van der Waals surface area contributed by atoms with Crippen LogP contribution in [0.2, 0.25) is 0 Å². The van der Waals surface area contributed by atoms with Crippen LogP contribution in [-0.2, 0) is 21.1 Å². The molecule has 1 aliphatic heterocycles. The number of carbonyl (C=O) groups excluding carboxylic acids is 1. The third-order valence-electron chi connectivity index (χ3n) is 5.07. The van der Waals surface area contributed by atoms with E-state index in [9.17, 15) is 13.2 Å². The van der Waals surface area contributed by atoms with Gasteiger partial charge in [0.25, 0.3) is 0 Å². The fourth-order valence-corrected chi connectivity index (χ4v) is 6.21. The van der Waals surface area contributed by atoms with E-state index in [1.54, 1.807) is 11.3 Å². The topological polar surface area (TPSA) is 63.2 Å². The zero-order chi connectivity index (χ0) is 19.3. The molecule has 2 heterocycles. The predicted octanol–water partition coefficient (Wildman–Crippen LogP) is 4.12. The molecule has 4 nitrogen and oxygen atoms in total. The molecule has 3 rings (SSSR count). The number of amides is 1. The van der Waals surface area contributed by atoms with E-state index in [4.69, 9.17) is 0 Å². The van der Waals surface area contributed by atoms with Gasteiger partial charge in [0, 0.05) is 11.3 Å². The number of nitrogens with one attached hydrogen (secondary N) is 1. The van der Waals surface area contributed by atoms with Gasteiger partial charge in [-0.3, -0.25) is 4.79 Å². The Labute approximate surface area is 165 Å². The maximum absolute atomic E-state index is 12.6. The summed E-state index contributed by atoms with van der Waals surface area (Å²) >= 11 is 1.62. The molecule has 1 amide bonds. The lowest BCUT2D eigenvalue weighted by Crippen LogP contribution is -2.30. The molecule has 1 fully saturated rings. The van der Waals surface area contributed by atoms with E-state index in [1.165, 1.54) is 18.4 Å². The number of rotatable bonds is 8. The zero-order valence-electron chi connectivity index (χ0n) is 15.7. The lowest BCUT2D eigenvalue weighted by atomic mass is 10.00. The molecular formula is C21H27NO3S2. The molecule has 1 aliphatic rings. The summed E-state index contributed by atoms with van der Waals surface area (Å²) in [6.07, 6.45) is 4.28. The fraction of sp³-hybridized carbons (Fsp3) is 0.476. The highest BCUT2D eigenvalue weighted by molar-refractivity contribution is 7.91. The summed E-state index contributed by atoms with van der Waals surface area (Å²) in [6.45, 7) is 2.19. The Bertz CT molecular complexity index is 842. The predicted molar refractivity (Wildman–Crippen MR) is 111 cm³/mol. The van der Waals surface area contributed by atoms with Crippen molar-refractivity contribution >= 4 is 27.1 Å². The molecule has 0 radical (unpaired) electrons. The second kappa shape index (κ2) is 9.02. The molecule has 146 valence electrons. The first-order valence-electron chi connectivity index (χ1n) is 9.59. The Morgan fingerprint density at radius 2 is 2.04 bits per heavy atom. The summed E-state index contributed by atoms with van der Waals surface area (Å²) in [7, 11) is -2.96. The summed E-state index contributed by atoms with van der Waals surface area (Å²) in [6, 6.07) is 12.3. The van der Waals surface area contributed by atoms with Crippen molar-refractivity contribution in [3.8, 4) is 0 Å². The summed E-state index contributed by atoms with van der Waals surface area (Å²) in [4.78, 5) is 13.7. The molecule has 1 aromatic carbocycles. The average Bonchev–Trinajstić information content (AvgIpc) is 3.28. The Balaban J connectivity index is 1.70. The van der Waals surface area contributed by atoms with Gasteiger partial charge >= 0.3 is 0 Å². The van der Waals surface area contributed by atoms with Gasteiger partial charge in [-0.2, -0.15) is 0 Å². The maximum Gasteiger partial charge on any atom is 0.221 e. The van der Waals surface area contributed by atoms with Crippen molar-refractivity contribution in [3.05, 3.63) is 57.8 Å². The largest absolute Gasteiger partial charge is 0.344 e. The third-order valence-corrected chi connectivity index (χ3v) is 7.84. The molecule has 0 bridgehead atoms.